The summed E-state index contributed by atoms with van der Waals surface area (Å²) in [5.74, 6) is 0.565. The second kappa shape index (κ2) is 8.12. The molecule has 0 aliphatic carbocycles. The molecule has 6 nitrogen and oxygen atoms in total. The standard InChI is InChI=1S/C21H19FN4O2/c22-17-2-1-3-18(12-17)28-20-14-24-13-19(25-20)15-6-10-26(11-7-15)21(27)16-4-8-23-9-5-16/h1-5,8-9,12-15H,6-7,10-11H2. The van der Waals surface area contributed by atoms with E-state index in [1.165, 1.54) is 18.3 Å². The molecule has 0 N–H and O–H groups in total. The average Bonchev–Trinajstić information content (AvgIpc) is 2.74. The van der Waals surface area contributed by atoms with Gasteiger partial charge in [0.1, 0.15) is 11.6 Å². The summed E-state index contributed by atoms with van der Waals surface area (Å²) in [6.07, 6.45) is 8.09. The molecule has 142 valence electrons. The molecule has 7 heteroatoms. The molecule has 1 aliphatic rings. The third-order valence-electron chi connectivity index (χ3n) is 4.78. The van der Waals surface area contributed by atoms with Gasteiger partial charge in [0.05, 0.1) is 11.9 Å². The Balaban J connectivity index is 1.40. The van der Waals surface area contributed by atoms with Gasteiger partial charge < -0.3 is 9.64 Å². The molecule has 1 aliphatic heterocycles. The molecule has 2 aromatic heterocycles. The first-order valence-corrected chi connectivity index (χ1v) is 9.14. The van der Waals surface area contributed by atoms with Gasteiger partial charge in [0, 0.05) is 49.2 Å². The zero-order valence-electron chi connectivity index (χ0n) is 15.2. The Labute approximate surface area is 162 Å². The number of hydrogen-bond acceptors (Lipinski definition) is 5. The molecule has 0 saturated carbocycles. The van der Waals surface area contributed by atoms with E-state index in [0.717, 1.165) is 18.5 Å². The molecule has 1 amide bonds. The molecule has 4 rings (SSSR count). The van der Waals surface area contributed by atoms with Gasteiger partial charge in [0.25, 0.3) is 5.91 Å². The lowest BCUT2D eigenvalue weighted by Gasteiger charge is -2.31. The van der Waals surface area contributed by atoms with E-state index in [0.29, 0.717) is 30.3 Å². The topological polar surface area (TPSA) is 68.2 Å². The maximum Gasteiger partial charge on any atom is 0.253 e. The number of amides is 1. The van der Waals surface area contributed by atoms with Crippen LogP contribution in [0.5, 0.6) is 11.6 Å². The summed E-state index contributed by atoms with van der Waals surface area (Å²) >= 11 is 0. The Hall–Kier alpha value is -3.35. The largest absolute Gasteiger partial charge is 0.437 e. The molecular weight excluding hydrogens is 359 g/mol. The van der Waals surface area contributed by atoms with Crippen LogP contribution in [0.2, 0.25) is 0 Å². The lowest BCUT2D eigenvalue weighted by molar-refractivity contribution is 0.0711. The number of likely N-dealkylation sites (tertiary alicyclic amines) is 1. The van der Waals surface area contributed by atoms with E-state index >= 15 is 0 Å². The van der Waals surface area contributed by atoms with Gasteiger partial charge in [-0.2, -0.15) is 0 Å². The Kier molecular flexibility index (Phi) is 5.23. The number of carbonyl (C=O) groups excluding carboxylic acids is 1. The number of carbonyl (C=O) groups is 1. The molecule has 0 atom stereocenters. The van der Waals surface area contributed by atoms with E-state index < -0.39 is 0 Å². The van der Waals surface area contributed by atoms with Crippen LogP contribution in [0.1, 0.15) is 34.8 Å². The van der Waals surface area contributed by atoms with Gasteiger partial charge in [-0.1, -0.05) is 6.07 Å². The Morgan fingerprint density at radius 3 is 2.61 bits per heavy atom. The second-order valence-corrected chi connectivity index (χ2v) is 6.64. The smallest absolute Gasteiger partial charge is 0.253 e. The van der Waals surface area contributed by atoms with Crippen LogP contribution >= 0.6 is 0 Å². The Morgan fingerprint density at radius 2 is 1.86 bits per heavy atom. The SMILES string of the molecule is O=C(c1ccncc1)N1CCC(c2cncc(Oc3cccc(F)c3)n2)CC1. The highest BCUT2D eigenvalue weighted by Crippen LogP contribution is 2.29. The van der Waals surface area contributed by atoms with Crippen molar-refractivity contribution in [1.29, 1.82) is 0 Å². The van der Waals surface area contributed by atoms with Crippen molar-refractivity contribution in [3.8, 4) is 11.6 Å². The third-order valence-corrected chi connectivity index (χ3v) is 4.78. The molecule has 3 aromatic rings. The number of hydrogen-bond donors (Lipinski definition) is 0. The number of rotatable bonds is 4. The van der Waals surface area contributed by atoms with Gasteiger partial charge >= 0.3 is 0 Å². The highest BCUT2D eigenvalue weighted by Gasteiger charge is 2.25. The maximum atomic E-state index is 13.3. The number of nitrogens with zero attached hydrogens (tertiary/aromatic N) is 4. The fourth-order valence-corrected chi connectivity index (χ4v) is 3.31. The van der Waals surface area contributed by atoms with E-state index in [4.69, 9.17) is 4.74 Å². The fourth-order valence-electron chi connectivity index (χ4n) is 3.31. The Morgan fingerprint density at radius 1 is 1.07 bits per heavy atom. The van der Waals surface area contributed by atoms with Gasteiger partial charge in [-0.15, -0.1) is 0 Å². The highest BCUT2D eigenvalue weighted by atomic mass is 19.1. The monoisotopic (exact) mass is 378 g/mol. The summed E-state index contributed by atoms with van der Waals surface area (Å²) in [4.78, 5) is 27.1. The van der Waals surface area contributed by atoms with Crippen molar-refractivity contribution in [3.63, 3.8) is 0 Å². The molecule has 3 heterocycles. The molecule has 0 spiro atoms. The lowest BCUT2D eigenvalue weighted by Crippen LogP contribution is -2.38. The van der Waals surface area contributed by atoms with E-state index in [2.05, 4.69) is 15.0 Å². The molecule has 28 heavy (non-hydrogen) atoms. The summed E-state index contributed by atoms with van der Waals surface area (Å²) in [7, 11) is 0. The predicted molar refractivity (Wildman–Crippen MR) is 101 cm³/mol. The van der Waals surface area contributed by atoms with Gasteiger partial charge in [-0.25, -0.2) is 9.37 Å². The van der Waals surface area contributed by atoms with Gasteiger partial charge in [-0.3, -0.25) is 14.8 Å². The Bertz CT molecular complexity index is 959. The van der Waals surface area contributed by atoms with Gasteiger partial charge in [-0.05, 0) is 37.1 Å². The summed E-state index contributed by atoms with van der Waals surface area (Å²) in [5, 5.41) is 0. The third kappa shape index (κ3) is 4.14. The lowest BCUT2D eigenvalue weighted by atomic mass is 9.93. The summed E-state index contributed by atoms with van der Waals surface area (Å²) in [6, 6.07) is 9.37. The van der Waals surface area contributed by atoms with E-state index in [9.17, 15) is 9.18 Å². The minimum absolute atomic E-state index is 0.0233. The zero-order valence-corrected chi connectivity index (χ0v) is 15.2. The molecule has 1 fully saturated rings. The number of pyridine rings is 1. The number of aromatic nitrogens is 3. The van der Waals surface area contributed by atoms with Crippen LogP contribution in [-0.4, -0.2) is 38.8 Å². The minimum atomic E-state index is -0.368. The molecule has 0 bridgehead atoms. The van der Waals surface area contributed by atoms with Crippen LogP contribution in [0.25, 0.3) is 0 Å². The minimum Gasteiger partial charge on any atom is -0.437 e. The van der Waals surface area contributed by atoms with Crippen LogP contribution < -0.4 is 4.74 Å². The van der Waals surface area contributed by atoms with Crippen molar-refractivity contribution in [2.45, 2.75) is 18.8 Å². The van der Waals surface area contributed by atoms with Crippen LogP contribution in [0.15, 0.2) is 61.2 Å². The first kappa shape index (κ1) is 18.0. The van der Waals surface area contributed by atoms with Crippen molar-refractivity contribution in [1.82, 2.24) is 19.9 Å². The van der Waals surface area contributed by atoms with Crippen LogP contribution in [-0.2, 0) is 0 Å². The highest BCUT2D eigenvalue weighted by molar-refractivity contribution is 5.94. The molecular formula is C21H19FN4O2. The number of piperidine rings is 1. The fraction of sp³-hybridized carbons (Fsp3) is 0.238. The molecule has 1 aromatic carbocycles. The second-order valence-electron chi connectivity index (χ2n) is 6.64. The first-order valence-electron chi connectivity index (χ1n) is 9.14. The number of halogens is 1. The molecule has 0 unspecified atom stereocenters. The van der Waals surface area contributed by atoms with E-state index in [1.54, 1.807) is 42.9 Å². The van der Waals surface area contributed by atoms with Gasteiger partial charge in [0.15, 0.2) is 0 Å². The average molecular weight is 378 g/mol. The van der Waals surface area contributed by atoms with E-state index in [1.807, 2.05) is 4.90 Å². The van der Waals surface area contributed by atoms with Crippen LogP contribution in [0.3, 0.4) is 0 Å². The summed E-state index contributed by atoms with van der Waals surface area (Å²) in [5.41, 5.74) is 1.48. The molecule has 0 radical (unpaired) electrons. The van der Waals surface area contributed by atoms with Crippen molar-refractivity contribution in [2.24, 2.45) is 0 Å². The number of ether oxygens (including phenoxy) is 1. The zero-order chi connectivity index (χ0) is 19.3. The van der Waals surface area contributed by atoms with Crippen LogP contribution in [0.4, 0.5) is 4.39 Å². The normalized spacial score (nSPS) is 14.7. The maximum absolute atomic E-state index is 13.3. The van der Waals surface area contributed by atoms with E-state index in [-0.39, 0.29) is 17.6 Å². The van der Waals surface area contributed by atoms with Gasteiger partial charge in [0.2, 0.25) is 5.88 Å². The molecule has 1 saturated heterocycles. The summed E-state index contributed by atoms with van der Waals surface area (Å²) in [6.45, 7) is 1.31. The first-order chi connectivity index (χ1) is 13.7. The quantitative estimate of drug-likeness (QED) is 0.690. The van der Waals surface area contributed by atoms with Crippen molar-refractivity contribution < 1.29 is 13.9 Å². The van der Waals surface area contributed by atoms with Crippen molar-refractivity contribution >= 4 is 5.91 Å². The van der Waals surface area contributed by atoms with Crippen molar-refractivity contribution in [2.75, 3.05) is 13.1 Å². The summed E-state index contributed by atoms with van der Waals surface area (Å²) < 4.78 is 18.9. The number of benzene rings is 1. The van der Waals surface area contributed by atoms with Crippen molar-refractivity contribution in [3.05, 3.63) is 78.3 Å². The van der Waals surface area contributed by atoms with Crippen LogP contribution in [0, 0.1) is 5.82 Å². The predicted octanol–water partition coefficient (Wildman–Crippen LogP) is 3.82.